The van der Waals surface area contributed by atoms with Crippen LogP contribution in [-0.4, -0.2) is 27.6 Å². The molecular weight excluding hydrogens is 244 g/mol. The molecule has 0 radical (unpaired) electrons. The number of nitrogens with zero attached hydrogens (tertiary/aromatic N) is 1. The van der Waals surface area contributed by atoms with Crippen LogP contribution in [0.2, 0.25) is 0 Å². The number of hydrogen-bond donors (Lipinski definition) is 3. The summed E-state index contributed by atoms with van der Waals surface area (Å²) in [7, 11) is 0. The van der Waals surface area contributed by atoms with Crippen molar-refractivity contribution in [2.24, 2.45) is 5.73 Å². The molecule has 19 heavy (non-hydrogen) atoms. The summed E-state index contributed by atoms with van der Waals surface area (Å²) in [4.78, 5) is 23.1. The Morgan fingerprint density at radius 1 is 1.37 bits per heavy atom. The summed E-state index contributed by atoms with van der Waals surface area (Å²) in [6, 6.07) is 7.35. The van der Waals surface area contributed by atoms with Gasteiger partial charge in [0.25, 0.3) is 5.91 Å². The van der Waals surface area contributed by atoms with E-state index in [0.29, 0.717) is 5.69 Å². The summed E-state index contributed by atoms with van der Waals surface area (Å²) in [5, 5.41) is 10.3. The number of rotatable bonds is 4. The summed E-state index contributed by atoms with van der Waals surface area (Å²) >= 11 is 0. The summed E-state index contributed by atoms with van der Waals surface area (Å²) in [6.07, 6.45) is 0.0705. The molecule has 0 unspecified atom stereocenters. The van der Waals surface area contributed by atoms with Crippen LogP contribution in [-0.2, 0) is 4.79 Å². The van der Waals surface area contributed by atoms with E-state index in [1.165, 1.54) is 0 Å². The minimum Gasteiger partial charge on any atom is -0.370 e. The van der Waals surface area contributed by atoms with Gasteiger partial charge in [-0.25, -0.2) is 0 Å². The molecule has 0 saturated carbocycles. The van der Waals surface area contributed by atoms with E-state index < -0.39 is 11.4 Å². The van der Waals surface area contributed by atoms with Crippen molar-refractivity contribution in [2.75, 3.05) is 0 Å². The summed E-state index contributed by atoms with van der Waals surface area (Å²) < 4.78 is 0. The van der Waals surface area contributed by atoms with Gasteiger partial charge in [0, 0.05) is 17.3 Å². The topological polar surface area (TPSA) is 101 Å². The molecule has 0 aliphatic rings. The molecule has 1 heterocycles. The van der Waals surface area contributed by atoms with Gasteiger partial charge in [-0.3, -0.25) is 14.7 Å². The number of H-pyrrole nitrogens is 1. The standard InChI is InChI=1S/C13H16N4O2/c1-13(2,7-10(14)18)15-12(19)11-8-5-3-4-6-9(8)16-17-11/h3-6H,7H2,1-2H3,(H2,14,18)(H,15,19)(H,16,17). The lowest BCUT2D eigenvalue weighted by Gasteiger charge is -2.24. The van der Waals surface area contributed by atoms with Crippen molar-refractivity contribution in [2.45, 2.75) is 25.8 Å². The van der Waals surface area contributed by atoms with Crippen molar-refractivity contribution in [3.63, 3.8) is 0 Å². The van der Waals surface area contributed by atoms with Gasteiger partial charge in [-0.2, -0.15) is 5.10 Å². The van der Waals surface area contributed by atoms with Crippen molar-refractivity contribution in [1.82, 2.24) is 15.5 Å². The highest BCUT2D eigenvalue weighted by molar-refractivity contribution is 6.05. The maximum Gasteiger partial charge on any atom is 0.272 e. The Balaban J connectivity index is 2.23. The first-order chi connectivity index (χ1) is 8.89. The number of fused-ring (bicyclic) bond motifs is 1. The van der Waals surface area contributed by atoms with Gasteiger partial charge in [0.05, 0.1) is 5.52 Å². The smallest absolute Gasteiger partial charge is 0.272 e. The molecule has 0 bridgehead atoms. The number of benzene rings is 1. The average Bonchev–Trinajstić information content (AvgIpc) is 2.69. The van der Waals surface area contributed by atoms with Crippen LogP contribution in [0.25, 0.3) is 10.9 Å². The monoisotopic (exact) mass is 260 g/mol. The van der Waals surface area contributed by atoms with Crippen LogP contribution in [0.5, 0.6) is 0 Å². The van der Waals surface area contributed by atoms with Crippen LogP contribution in [0.4, 0.5) is 0 Å². The van der Waals surface area contributed by atoms with E-state index in [-0.39, 0.29) is 12.3 Å². The van der Waals surface area contributed by atoms with Gasteiger partial charge in [0.1, 0.15) is 0 Å². The zero-order valence-corrected chi connectivity index (χ0v) is 10.9. The lowest BCUT2D eigenvalue weighted by atomic mass is 10.00. The maximum atomic E-state index is 12.2. The second-order valence-corrected chi connectivity index (χ2v) is 5.10. The van der Waals surface area contributed by atoms with E-state index in [0.717, 1.165) is 10.9 Å². The molecule has 1 aromatic heterocycles. The van der Waals surface area contributed by atoms with Crippen LogP contribution >= 0.6 is 0 Å². The Kier molecular flexibility index (Phi) is 3.25. The minimum atomic E-state index is -0.705. The van der Waals surface area contributed by atoms with Gasteiger partial charge in [-0.1, -0.05) is 18.2 Å². The molecular formula is C13H16N4O2. The number of nitrogens with one attached hydrogen (secondary N) is 2. The summed E-state index contributed by atoms with van der Waals surface area (Å²) in [6.45, 7) is 3.48. The normalized spacial score (nSPS) is 11.5. The van der Waals surface area contributed by atoms with E-state index in [9.17, 15) is 9.59 Å². The fourth-order valence-electron chi connectivity index (χ4n) is 1.98. The van der Waals surface area contributed by atoms with Crippen LogP contribution in [0, 0.1) is 0 Å². The van der Waals surface area contributed by atoms with Crippen LogP contribution in [0.1, 0.15) is 30.8 Å². The number of carbonyl (C=O) groups excluding carboxylic acids is 2. The predicted molar refractivity (Wildman–Crippen MR) is 71.5 cm³/mol. The molecule has 1 aromatic carbocycles. The minimum absolute atomic E-state index is 0.0705. The zero-order chi connectivity index (χ0) is 14.0. The van der Waals surface area contributed by atoms with E-state index in [1.807, 2.05) is 24.3 Å². The predicted octanol–water partition coefficient (Wildman–Crippen LogP) is 0.947. The Hall–Kier alpha value is -2.37. The number of nitrogens with two attached hydrogens (primary N) is 1. The van der Waals surface area contributed by atoms with Crippen LogP contribution < -0.4 is 11.1 Å². The first-order valence-electron chi connectivity index (χ1n) is 5.93. The molecule has 2 aromatic rings. The third kappa shape index (κ3) is 2.90. The second kappa shape index (κ2) is 4.72. The lowest BCUT2D eigenvalue weighted by molar-refractivity contribution is -0.119. The first-order valence-corrected chi connectivity index (χ1v) is 5.93. The molecule has 2 rings (SSSR count). The second-order valence-electron chi connectivity index (χ2n) is 5.10. The zero-order valence-electron chi connectivity index (χ0n) is 10.9. The fraction of sp³-hybridized carbons (Fsp3) is 0.308. The van der Waals surface area contributed by atoms with Gasteiger partial charge < -0.3 is 11.1 Å². The molecule has 2 amide bonds. The Labute approximate surface area is 110 Å². The number of aromatic amines is 1. The van der Waals surface area contributed by atoms with Gasteiger partial charge in [0.15, 0.2) is 5.69 Å². The molecule has 0 saturated heterocycles. The Morgan fingerprint density at radius 3 is 2.74 bits per heavy atom. The lowest BCUT2D eigenvalue weighted by Crippen LogP contribution is -2.46. The van der Waals surface area contributed by atoms with Crippen molar-refractivity contribution in [3.05, 3.63) is 30.0 Å². The number of amides is 2. The van der Waals surface area contributed by atoms with Crippen LogP contribution in [0.15, 0.2) is 24.3 Å². The molecule has 0 aliphatic carbocycles. The van der Waals surface area contributed by atoms with Gasteiger partial charge in [-0.15, -0.1) is 0 Å². The third-order valence-electron chi connectivity index (χ3n) is 2.75. The van der Waals surface area contributed by atoms with E-state index in [1.54, 1.807) is 13.8 Å². The number of hydrogen-bond acceptors (Lipinski definition) is 3. The van der Waals surface area contributed by atoms with Crippen molar-refractivity contribution in [3.8, 4) is 0 Å². The van der Waals surface area contributed by atoms with Crippen molar-refractivity contribution >= 4 is 22.7 Å². The SMILES string of the molecule is CC(C)(CC(N)=O)NC(=O)c1n[nH]c2ccccc12. The molecule has 0 fully saturated rings. The van der Waals surface area contributed by atoms with E-state index in [4.69, 9.17) is 5.73 Å². The molecule has 4 N–H and O–H groups in total. The molecule has 0 spiro atoms. The van der Waals surface area contributed by atoms with Gasteiger partial charge in [0.2, 0.25) is 5.91 Å². The highest BCUT2D eigenvalue weighted by atomic mass is 16.2. The number of primary amides is 1. The quantitative estimate of drug-likeness (QED) is 0.762. The van der Waals surface area contributed by atoms with Crippen molar-refractivity contribution in [1.29, 1.82) is 0 Å². The number of para-hydroxylation sites is 1. The number of carbonyl (C=O) groups is 2. The summed E-state index contributed by atoms with van der Waals surface area (Å²) in [5.74, 6) is -0.791. The third-order valence-corrected chi connectivity index (χ3v) is 2.75. The molecule has 100 valence electrons. The molecule has 0 aliphatic heterocycles. The maximum absolute atomic E-state index is 12.2. The highest BCUT2D eigenvalue weighted by Gasteiger charge is 2.25. The van der Waals surface area contributed by atoms with E-state index in [2.05, 4.69) is 15.5 Å². The van der Waals surface area contributed by atoms with Gasteiger partial charge in [-0.05, 0) is 19.9 Å². The Morgan fingerprint density at radius 2 is 2.05 bits per heavy atom. The average molecular weight is 260 g/mol. The Bertz CT molecular complexity index is 630. The molecule has 0 atom stereocenters. The van der Waals surface area contributed by atoms with Crippen LogP contribution in [0.3, 0.4) is 0 Å². The van der Waals surface area contributed by atoms with Crippen molar-refractivity contribution < 1.29 is 9.59 Å². The molecule has 6 heteroatoms. The van der Waals surface area contributed by atoms with Gasteiger partial charge >= 0.3 is 0 Å². The highest BCUT2D eigenvalue weighted by Crippen LogP contribution is 2.16. The summed E-state index contributed by atoms with van der Waals surface area (Å²) in [5.41, 5.74) is 5.55. The number of aromatic nitrogens is 2. The largest absolute Gasteiger partial charge is 0.370 e. The molecule has 6 nitrogen and oxygen atoms in total. The first kappa shape index (κ1) is 13.1. The fourth-order valence-corrected chi connectivity index (χ4v) is 1.98. The van der Waals surface area contributed by atoms with E-state index >= 15 is 0 Å².